The van der Waals surface area contributed by atoms with E-state index < -0.39 is 23.4 Å². The fourth-order valence-electron chi connectivity index (χ4n) is 0.0781. The zero-order valence-corrected chi connectivity index (χ0v) is 11.3. The first-order valence-electron chi connectivity index (χ1n) is 2.31. The molecule has 0 fully saturated rings. The van der Waals surface area contributed by atoms with Gasteiger partial charge in [0.15, 0.2) is 0 Å². The monoisotopic (exact) mass is 263 g/mol. The largest absolute Gasteiger partial charge is 1.00 e. The number of thiol groups is 1. The van der Waals surface area contributed by atoms with Crippen LogP contribution in [0.2, 0.25) is 0 Å². The summed E-state index contributed by atoms with van der Waals surface area (Å²) in [6.07, 6.45) is 0. The minimum Gasteiger partial charge on any atom is -1.00 e. The molecule has 0 rings (SSSR count). The smallest absolute Gasteiger partial charge is 1.00 e. The van der Waals surface area contributed by atoms with Crippen LogP contribution in [0.25, 0.3) is 0 Å². The van der Waals surface area contributed by atoms with Gasteiger partial charge in [0.25, 0.3) is 11.4 Å². The molecule has 0 radical (unpaired) electrons. The van der Waals surface area contributed by atoms with E-state index in [1.807, 2.05) is 0 Å². The van der Waals surface area contributed by atoms with Crippen LogP contribution in [0.5, 0.6) is 0 Å². The third-order valence-corrected chi connectivity index (χ3v) is 0.907. The summed E-state index contributed by atoms with van der Waals surface area (Å²) in [5.41, 5.74) is 4.94. The number of hydrogen-bond acceptors (Lipinski definition) is 4. The molecule has 0 saturated carbocycles. The van der Waals surface area contributed by atoms with E-state index in [1.165, 1.54) is 0 Å². The van der Waals surface area contributed by atoms with E-state index in [0.29, 0.717) is 0 Å². The normalized spacial score (nSPS) is 9.92. The molecule has 78 valence electrons. The van der Waals surface area contributed by atoms with Gasteiger partial charge >= 0.3 is 35.5 Å². The quantitative estimate of drug-likeness (QED) is 0.201. The summed E-state index contributed by atoms with van der Waals surface area (Å²) < 4.78 is 22.8. The number of aliphatic carboxylic acids is 1. The van der Waals surface area contributed by atoms with Crippen molar-refractivity contribution in [2.24, 2.45) is 5.73 Å². The number of carboxylic acids is 1. The maximum Gasteiger partial charge on any atom is 1.00 e. The molecule has 1 atom stereocenters. The third-order valence-electron chi connectivity index (χ3n) is 0.514. The molecule has 0 saturated heterocycles. The van der Waals surface area contributed by atoms with Gasteiger partial charge in [-0.15, -0.1) is 12.4 Å². The number of nitrogens with two attached hydrogens (primary N) is 1. The Hall–Kier alpha value is 1.14. The fourth-order valence-corrected chi connectivity index (χ4v) is 0.234. The van der Waals surface area contributed by atoms with Gasteiger partial charge in [0, 0.05) is 5.75 Å². The standard InChI is InChI=1S/C3H7NO2S.ClH.Na.H2O3S.H/c4-2(1-7)3(5)6;;;1-4(2)3;/h2,7H,1,4H2,(H,5,6);1H;;(H2,1,2,3);/q;;+1;;-1/t2-;;;;/m0..../s1. The van der Waals surface area contributed by atoms with Crippen molar-refractivity contribution in [1.29, 1.82) is 0 Å². The fraction of sp³-hybridized carbons (Fsp3) is 0.667. The maximum atomic E-state index is 9.76. The molecule has 0 bridgehead atoms. The minimum absolute atomic E-state index is 0. The number of carbonyl (C=O) groups is 1. The minimum atomic E-state index is -2.61. The van der Waals surface area contributed by atoms with E-state index in [1.54, 1.807) is 0 Å². The summed E-state index contributed by atoms with van der Waals surface area (Å²) in [4.78, 5) is 9.76. The van der Waals surface area contributed by atoms with E-state index >= 15 is 0 Å². The van der Waals surface area contributed by atoms with Gasteiger partial charge in [-0.3, -0.25) is 13.9 Å². The molecular weight excluding hydrogens is 253 g/mol. The van der Waals surface area contributed by atoms with Crippen molar-refractivity contribution < 1.29 is 54.2 Å². The van der Waals surface area contributed by atoms with Crippen LogP contribution in [-0.4, -0.2) is 36.2 Å². The van der Waals surface area contributed by atoms with Crippen LogP contribution in [0.1, 0.15) is 1.43 Å². The number of hydrogen-bond donors (Lipinski definition) is 5. The van der Waals surface area contributed by atoms with E-state index in [9.17, 15) is 4.79 Å². The summed E-state index contributed by atoms with van der Waals surface area (Å²) in [7, 11) is 0. The Bertz CT molecular complexity index is 151. The molecule has 0 aromatic rings. The Morgan fingerprint density at radius 2 is 1.85 bits per heavy atom. The molecule has 0 aliphatic heterocycles. The van der Waals surface area contributed by atoms with E-state index in [4.69, 9.17) is 24.2 Å². The predicted molar refractivity (Wildman–Crippen MR) is 51.2 cm³/mol. The SMILES string of the molecule is Cl.N[C@@H](CS)C(=O)O.O=S(O)O.[H-].[Na+]. The summed E-state index contributed by atoms with van der Waals surface area (Å²) in [5.74, 6) is -0.815. The average molecular weight is 264 g/mol. The Morgan fingerprint density at radius 1 is 1.62 bits per heavy atom. The van der Waals surface area contributed by atoms with Gasteiger partial charge in [-0.25, -0.2) is 0 Å². The molecule has 0 aromatic carbocycles. The Kier molecular flexibility index (Phi) is 28.5. The first-order valence-corrected chi connectivity index (χ1v) is 4.00. The van der Waals surface area contributed by atoms with Crippen LogP contribution in [0.15, 0.2) is 0 Å². The molecule has 0 spiro atoms. The van der Waals surface area contributed by atoms with Crippen molar-refractivity contribution in [2.45, 2.75) is 6.04 Å². The third kappa shape index (κ3) is 32.0. The van der Waals surface area contributed by atoms with E-state index in [2.05, 4.69) is 12.6 Å². The molecule has 0 heterocycles. The Balaban J connectivity index is -0.0000000347. The van der Waals surface area contributed by atoms with Crippen molar-refractivity contribution in [3.05, 3.63) is 0 Å². The Labute approximate surface area is 113 Å². The van der Waals surface area contributed by atoms with Crippen LogP contribution in [0.4, 0.5) is 0 Å². The average Bonchev–Trinajstić information content (AvgIpc) is 1.85. The second-order valence-corrected chi connectivity index (χ2v) is 2.18. The van der Waals surface area contributed by atoms with Crippen LogP contribution < -0.4 is 35.3 Å². The van der Waals surface area contributed by atoms with Crippen LogP contribution in [0.3, 0.4) is 0 Å². The van der Waals surface area contributed by atoms with Gasteiger partial charge in [-0.2, -0.15) is 16.8 Å². The van der Waals surface area contributed by atoms with Crippen molar-refractivity contribution >= 4 is 42.4 Å². The maximum absolute atomic E-state index is 9.76. The molecule has 6 nitrogen and oxygen atoms in total. The van der Waals surface area contributed by atoms with Crippen LogP contribution in [-0.2, 0) is 16.2 Å². The summed E-state index contributed by atoms with van der Waals surface area (Å²) in [5, 5.41) is 8.01. The first kappa shape index (κ1) is 23.7. The number of rotatable bonds is 2. The van der Waals surface area contributed by atoms with Crippen LogP contribution in [0, 0.1) is 0 Å². The molecule has 0 aromatic heterocycles. The molecule has 0 unspecified atom stereocenters. The second kappa shape index (κ2) is 15.6. The van der Waals surface area contributed by atoms with Crippen molar-refractivity contribution in [1.82, 2.24) is 0 Å². The number of carboxylic acid groups (broad SMARTS) is 1. The van der Waals surface area contributed by atoms with E-state index in [0.717, 1.165) is 0 Å². The van der Waals surface area contributed by atoms with Gasteiger partial charge in [-0.05, 0) is 0 Å². The molecule has 10 heteroatoms. The van der Waals surface area contributed by atoms with Crippen molar-refractivity contribution in [3.63, 3.8) is 0 Å². The van der Waals surface area contributed by atoms with Gasteiger partial charge < -0.3 is 12.3 Å². The predicted octanol–water partition coefficient (Wildman–Crippen LogP) is -3.45. The van der Waals surface area contributed by atoms with Crippen molar-refractivity contribution in [3.8, 4) is 0 Å². The van der Waals surface area contributed by atoms with Crippen molar-refractivity contribution in [2.75, 3.05) is 5.75 Å². The molecule has 5 N–H and O–H groups in total. The molecule has 0 amide bonds. The molecule has 13 heavy (non-hydrogen) atoms. The van der Waals surface area contributed by atoms with Gasteiger partial charge in [0.05, 0.1) is 0 Å². The molecule has 0 aliphatic rings. The topological polar surface area (TPSA) is 121 Å². The first-order chi connectivity index (χ1) is 4.91. The van der Waals surface area contributed by atoms with E-state index in [-0.39, 0.29) is 49.1 Å². The van der Waals surface area contributed by atoms with Gasteiger partial charge in [0.2, 0.25) is 0 Å². The summed E-state index contributed by atoms with van der Waals surface area (Å²) in [6.45, 7) is 0. The Morgan fingerprint density at radius 3 is 1.85 bits per heavy atom. The summed E-state index contributed by atoms with van der Waals surface area (Å²) >= 11 is 1.04. The number of halogens is 1. The summed E-state index contributed by atoms with van der Waals surface area (Å²) in [6, 6.07) is -0.816. The zero-order valence-electron chi connectivity index (χ0n) is 7.78. The molecular formula is C3H11ClNNaO5S2. The van der Waals surface area contributed by atoms with Gasteiger partial charge in [-0.1, -0.05) is 0 Å². The zero-order chi connectivity index (χ0) is 9.44. The van der Waals surface area contributed by atoms with Crippen LogP contribution >= 0.6 is 25.0 Å². The molecule has 0 aliphatic carbocycles. The second-order valence-electron chi connectivity index (χ2n) is 1.36. The van der Waals surface area contributed by atoms with Gasteiger partial charge in [0.1, 0.15) is 6.04 Å².